The molecular weight excluding hydrogens is 654 g/mol. The lowest BCUT2D eigenvalue weighted by molar-refractivity contribution is -0.0566. The average molecular weight is 684 g/mol. The van der Waals surface area contributed by atoms with Crippen LogP contribution in [0.25, 0.3) is 11.2 Å². The van der Waals surface area contributed by atoms with Gasteiger partial charge in [-0.2, -0.15) is 0 Å². The van der Waals surface area contributed by atoms with E-state index in [4.69, 9.17) is 14.2 Å². The lowest BCUT2D eigenvalue weighted by atomic mass is 10.1. The van der Waals surface area contributed by atoms with Crippen molar-refractivity contribution in [1.29, 1.82) is 0 Å². The van der Waals surface area contributed by atoms with Crippen molar-refractivity contribution < 1.29 is 38.5 Å². The molecule has 0 unspecified atom stereocenters. The Balaban J connectivity index is 1.31. The topological polar surface area (TPSA) is 163 Å². The number of imide groups is 1. The zero-order valence-electron chi connectivity index (χ0n) is 26.8. The molecule has 1 fully saturated rings. The molecule has 2 aromatic heterocycles. The fourth-order valence-corrected chi connectivity index (χ4v) is 5.77. The Labute approximate surface area is 290 Å². The number of imidazole rings is 1. The fraction of sp³-hybridized carbons (Fsp3) is 0.132. The summed E-state index contributed by atoms with van der Waals surface area (Å²) in [5.41, 5.74) is 1.08. The molecule has 0 aliphatic carbocycles. The van der Waals surface area contributed by atoms with Crippen LogP contribution in [0.5, 0.6) is 0 Å². The van der Waals surface area contributed by atoms with E-state index in [9.17, 15) is 24.3 Å². The van der Waals surface area contributed by atoms with Gasteiger partial charge in [-0.1, -0.05) is 72.8 Å². The van der Waals surface area contributed by atoms with Gasteiger partial charge in [0.1, 0.15) is 12.4 Å². The minimum Gasteiger partial charge on any atom is -0.452 e. The minimum absolute atomic E-state index is 0.0491. The molecule has 4 aromatic carbocycles. The first kappa shape index (κ1) is 33.0. The number of hydrogen-bond donors (Lipinski definition) is 1. The van der Waals surface area contributed by atoms with E-state index in [1.807, 2.05) is 0 Å². The maximum Gasteiger partial charge on any atom is 0.338 e. The first-order valence-electron chi connectivity index (χ1n) is 15.9. The van der Waals surface area contributed by atoms with Crippen LogP contribution < -0.4 is 4.90 Å². The van der Waals surface area contributed by atoms with E-state index in [1.165, 1.54) is 10.9 Å². The fourth-order valence-electron chi connectivity index (χ4n) is 5.77. The molecule has 51 heavy (non-hydrogen) atoms. The molecular formula is C38H29N5O8. The molecule has 0 spiro atoms. The summed E-state index contributed by atoms with van der Waals surface area (Å²) in [5, 5.41) is 10.4. The highest BCUT2D eigenvalue weighted by molar-refractivity contribution is 6.27. The summed E-state index contributed by atoms with van der Waals surface area (Å²) in [6.45, 7) is -0.597. The number of benzene rings is 4. The third-order valence-corrected chi connectivity index (χ3v) is 8.24. The smallest absolute Gasteiger partial charge is 0.338 e. The third kappa shape index (κ3) is 6.58. The molecule has 1 N–H and O–H groups in total. The quantitative estimate of drug-likeness (QED) is 0.167. The SMILES string of the molecule is O=C(O[C@H]1[C@H](OC(=O)c2ccccc2)[C@H](n2cnc3c(N(C(=O)c4ccccc4)C(=O)c4ccccc4)ncnc32)O[C@H]1CO)c1ccccc1. The Bertz CT molecular complexity index is 2130. The maximum absolute atomic E-state index is 14.0. The van der Waals surface area contributed by atoms with Crippen molar-refractivity contribution in [3.63, 3.8) is 0 Å². The van der Waals surface area contributed by atoms with Crippen LogP contribution in [0.4, 0.5) is 5.82 Å². The summed E-state index contributed by atoms with van der Waals surface area (Å²) in [4.78, 5) is 68.8. The van der Waals surface area contributed by atoms with Crippen LogP contribution in [0, 0.1) is 0 Å². The van der Waals surface area contributed by atoms with Gasteiger partial charge in [-0.15, -0.1) is 0 Å². The van der Waals surface area contributed by atoms with Crippen molar-refractivity contribution in [2.75, 3.05) is 11.5 Å². The highest BCUT2D eigenvalue weighted by Crippen LogP contribution is 2.37. The van der Waals surface area contributed by atoms with Gasteiger partial charge in [0.15, 0.2) is 35.4 Å². The summed E-state index contributed by atoms with van der Waals surface area (Å²) in [7, 11) is 0. The number of carbonyl (C=O) groups is 4. The normalized spacial score (nSPS) is 18.2. The zero-order valence-corrected chi connectivity index (χ0v) is 26.8. The van der Waals surface area contributed by atoms with Gasteiger partial charge in [0.25, 0.3) is 11.8 Å². The highest BCUT2D eigenvalue weighted by atomic mass is 16.6. The molecule has 4 atom stereocenters. The Morgan fingerprint density at radius 1 is 0.647 bits per heavy atom. The predicted octanol–water partition coefficient (Wildman–Crippen LogP) is 4.65. The van der Waals surface area contributed by atoms with Gasteiger partial charge in [-0.25, -0.2) is 29.4 Å². The second-order valence-corrected chi connectivity index (χ2v) is 11.4. The van der Waals surface area contributed by atoms with E-state index in [1.54, 1.807) is 121 Å². The number of fused-ring (bicyclic) bond motifs is 1. The third-order valence-electron chi connectivity index (χ3n) is 8.24. The summed E-state index contributed by atoms with van der Waals surface area (Å²) in [6.07, 6.45) is -2.47. The number of anilines is 1. The van der Waals surface area contributed by atoms with Crippen molar-refractivity contribution in [2.24, 2.45) is 0 Å². The van der Waals surface area contributed by atoms with Crippen LogP contribution in [0.1, 0.15) is 47.7 Å². The van der Waals surface area contributed by atoms with Crippen molar-refractivity contribution >= 4 is 40.7 Å². The molecule has 1 aliphatic heterocycles. The molecule has 13 heteroatoms. The molecule has 7 rings (SSSR count). The van der Waals surface area contributed by atoms with E-state index in [-0.39, 0.29) is 39.2 Å². The lowest BCUT2D eigenvalue weighted by Gasteiger charge is -2.25. The summed E-state index contributed by atoms with van der Waals surface area (Å²) in [6, 6.07) is 32.9. The largest absolute Gasteiger partial charge is 0.452 e. The van der Waals surface area contributed by atoms with Crippen LogP contribution >= 0.6 is 0 Å². The average Bonchev–Trinajstić information content (AvgIpc) is 3.77. The first-order chi connectivity index (χ1) is 24.9. The van der Waals surface area contributed by atoms with Gasteiger partial charge >= 0.3 is 11.9 Å². The van der Waals surface area contributed by atoms with Gasteiger partial charge in [0.2, 0.25) is 0 Å². The summed E-state index contributed by atoms with van der Waals surface area (Å²) in [5.74, 6) is -2.87. The monoisotopic (exact) mass is 683 g/mol. The van der Waals surface area contributed by atoms with Gasteiger partial charge < -0.3 is 19.3 Å². The second-order valence-electron chi connectivity index (χ2n) is 11.4. The lowest BCUT2D eigenvalue weighted by Crippen LogP contribution is -2.40. The Morgan fingerprint density at radius 2 is 1.12 bits per heavy atom. The van der Waals surface area contributed by atoms with Crippen LogP contribution in [0.3, 0.4) is 0 Å². The Morgan fingerprint density at radius 3 is 1.61 bits per heavy atom. The van der Waals surface area contributed by atoms with Gasteiger partial charge in [-0.3, -0.25) is 14.2 Å². The first-order valence-corrected chi connectivity index (χ1v) is 15.9. The standard InChI is InChI=1S/C38H29N5O8/c44-21-28-30(50-37(47)26-17-9-3-10-18-26)31(51-38(48)27-19-11-4-12-20-27)36(49-28)42-23-41-29-32(42)39-22-40-33(29)43(34(45)24-13-5-1-6-14-24)35(46)25-15-7-2-8-16-25/h1-20,22-23,28,30-31,36,44H,21H2/t28-,30+,31-,36+/m0/s1. The van der Waals surface area contributed by atoms with Crippen LogP contribution in [-0.2, 0) is 14.2 Å². The van der Waals surface area contributed by atoms with Gasteiger partial charge in [0.05, 0.1) is 24.1 Å². The summed E-state index contributed by atoms with van der Waals surface area (Å²) >= 11 is 0. The Kier molecular flexibility index (Phi) is 9.37. The number of hydrogen-bond acceptors (Lipinski definition) is 11. The van der Waals surface area contributed by atoms with E-state index < -0.39 is 54.9 Å². The molecule has 254 valence electrons. The number of carbonyl (C=O) groups excluding carboxylic acids is 4. The number of esters is 2. The van der Waals surface area contributed by atoms with Gasteiger partial charge in [-0.05, 0) is 48.5 Å². The van der Waals surface area contributed by atoms with Crippen molar-refractivity contribution in [3.05, 3.63) is 156 Å². The number of aliphatic hydroxyl groups excluding tert-OH is 1. The number of ether oxygens (including phenoxy) is 3. The molecule has 13 nitrogen and oxygen atoms in total. The molecule has 6 aromatic rings. The minimum atomic E-state index is -1.31. The van der Waals surface area contributed by atoms with Crippen molar-refractivity contribution in [1.82, 2.24) is 19.5 Å². The second kappa shape index (κ2) is 14.5. The number of aliphatic hydroxyl groups is 1. The molecule has 1 aliphatic rings. The van der Waals surface area contributed by atoms with Crippen molar-refractivity contribution in [3.8, 4) is 0 Å². The highest BCUT2D eigenvalue weighted by Gasteiger charge is 2.51. The summed E-state index contributed by atoms with van der Waals surface area (Å²) < 4.78 is 19.4. The molecule has 3 heterocycles. The van der Waals surface area contributed by atoms with E-state index in [2.05, 4.69) is 15.0 Å². The number of nitrogens with zero attached hydrogens (tertiary/aromatic N) is 5. The van der Waals surface area contributed by atoms with Gasteiger partial charge in [0, 0.05) is 11.1 Å². The molecule has 0 bridgehead atoms. The molecule has 0 radical (unpaired) electrons. The predicted molar refractivity (Wildman–Crippen MR) is 182 cm³/mol. The number of rotatable bonds is 9. The van der Waals surface area contributed by atoms with Crippen LogP contribution in [0.15, 0.2) is 134 Å². The van der Waals surface area contributed by atoms with E-state index in [0.717, 1.165) is 11.2 Å². The zero-order chi connectivity index (χ0) is 35.3. The molecule has 2 amide bonds. The van der Waals surface area contributed by atoms with Crippen LogP contribution in [-0.4, -0.2) is 73.3 Å². The number of amides is 2. The van der Waals surface area contributed by atoms with E-state index >= 15 is 0 Å². The van der Waals surface area contributed by atoms with E-state index in [0.29, 0.717) is 0 Å². The molecule has 0 saturated carbocycles. The number of aromatic nitrogens is 4. The maximum atomic E-state index is 14.0. The molecule has 1 saturated heterocycles. The Hall–Kier alpha value is -6.57. The van der Waals surface area contributed by atoms with Crippen molar-refractivity contribution in [2.45, 2.75) is 24.5 Å². The van der Waals surface area contributed by atoms with Crippen LogP contribution in [0.2, 0.25) is 0 Å².